The van der Waals surface area contributed by atoms with E-state index in [4.69, 9.17) is 0 Å². The molecule has 0 heterocycles. The largest absolute Gasteiger partial charge is 0.463 e. The van der Waals surface area contributed by atoms with Gasteiger partial charge < -0.3 is 9.47 Å². The minimum atomic E-state index is -1.11. The van der Waals surface area contributed by atoms with Gasteiger partial charge in [-0.25, -0.2) is 4.79 Å². The van der Waals surface area contributed by atoms with Crippen molar-refractivity contribution in [3.8, 4) is 0 Å². The van der Waals surface area contributed by atoms with Gasteiger partial charge in [0, 0.05) is 0 Å². The van der Waals surface area contributed by atoms with Gasteiger partial charge in [0.25, 0.3) is 0 Å². The quantitative estimate of drug-likeness (QED) is 0.161. The molecule has 0 bridgehead atoms. The summed E-state index contributed by atoms with van der Waals surface area (Å²) in [6.07, 6.45) is 1.12. The Morgan fingerprint density at radius 3 is 2.64 bits per heavy atom. The summed E-state index contributed by atoms with van der Waals surface area (Å²) in [5.74, 6) is -0.578. The molecule has 0 amide bonds. The Morgan fingerprint density at radius 1 is 1.57 bits per heavy atom. The van der Waals surface area contributed by atoms with Crippen LogP contribution in [-0.2, 0) is 14.3 Å². The number of hydrogen-bond acceptors (Lipinski definition) is 5. The van der Waals surface area contributed by atoms with E-state index in [0.29, 0.717) is 0 Å². The summed E-state index contributed by atoms with van der Waals surface area (Å²) in [5, 5.41) is 10.3. The molecule has 1 atom stereocenters. The number of hydrogen-bond donors (Lipinski definition) is 0. The van der Waals surface area contributed by atoms with Crippen molar-refractivity contribution in [1.29, 1.82) is 0 Å². The molecule has 0 aliphatic rings. The summed E-state index contributed by atoms with van der Waals surface area (Å²) in [6.45, 7) is 3.54. The number of nitrogens with zero attached hydrogens (tertiary/aromatic N) is 1. The third kappa shape index (κ3) is 5.13. The van der Waals surface area contributed by atoms with Gasteiger partial charge in [-0.2, -0.15) is 0 Å². The van der Waals surface area contributed by atoms with Gasteiger partial charge in [0.05, 0.1) is 30.3 Å². The van der Waals surface area contributed by atoms with Crippen LogP contribution in [0, 0.1) is 10.1 Å². The van der Waals surface area contributed by atoms with Crippen molar-refractivity contribution in [2.75, 3.05) is 6.61 Å². The molecule has 0 radical (unpaired) electrons. The number of esters is 1. The van der Waals surface area contributed by atoms with Crippen molar-refractivity contribution in [1.82, 2.24) is 0 Å². The van der Waals surface area contributed by atoms with Gasteiger partial charge in [0.1, 0.15) is 0 Å². The lowest BCUT2D eigenvalue weighted by atomic mass is 10.4. The molecule has 0 aromatic rings. The van der Waals surface area contributed by atoms with Crippen molar-refractivity contribution in [2.24, 2.45) is 0 Å². The highest BCUT2D eigenvalue weighted by Crippen LogP contribution is 1.99. The first-order valence-corrected chi connectivity index (χ1v) is 4.24. The Hall–Kier alpha value is -1.59. The fraction of sp³-hybridized carbons (Fsp3) is 0.625. The molecule has 0 aromatic carbocycles. The van der Waals surface area contributed by atoms with E-state index in [1.807, 2.05) is 0 Å². The molecule has 0 saturated carbocycles. The minimum Gasteiger partial charge on any atom is -0.463 e. The molecule has 6 heteroatoms. The Bertz CT molecular complexity index is 226. The Kier molecular flexibility index (Phi) is 6.09. The first-order chi connectivity index (χ1) is 6.61. The van der Waals surface area contributed by atoms with Crippen LogP contribution in [0.5, 0.6) is 0 Å². The Balaban J connectivity index is 3.90. The van der Waals surface area contributed by atoms with E-state index in [2.05, 4.69) is 9.47 Å². The van der Waals surface area contributed by atoms with E-state index in [0.717, 1.165) is 12.3 Å². The van der Waals surface area contributed by atoms with Crippen LogP contribution < -0.4 is 0 Å². The van der Waals surface area contributed by atoms with Gasteiger partial charge in [-0.1, -0.05) is 6.92 Å². The average Bonchev–Trinajstić information content (AvgIpc) is 2.12. The lowest BCUT2D eigenvalue weighted by molar-refractivity contribution is -0.569. The van der Waals surface area contributed by atoms with Crippen LogP contribution in [0.3, 0.4) is 0 Å². The lowest BCUT2D eigenvalue weighted by Gasteiger charge is -2.04. The molecule has 0 saturated heterocycles. The maximum absolute atomic E-state index is 10.7. The second kappa shape index (κ2) is 6.88. The maximum atomic E-state index is 10.7. The van der Waals surface area contributed by atoms with Crippen LogP contribution in [0.2, 0.25) is 0 Å². The van der Waals surface area contributed by atoms with Crippen LogP contribution in [0.1, 0.15) is 20.3 Å². The summed E-state index contributed by atoms with van der Waals surface area (Å²) in [4.78, 5) is 20.4. The van der Waals surface area contributed by atoms with Gasteiger partial charge in [0.15, 0.2) is 0 Å². The van der Waals surface area contributed by atoms with E-state index in [-0.39, 0.29) is 13.0 Å². The lowest BCUT2D eigenvalue weighted by Crippen LogP contribution is -2.19. The van der Waals surface area contributed by atoms with E-state index in [9.17, 15) is 14.9 Å². The Morgan fingerprint density at radius 2 is 2.21 bits per heavy atom. The standard InChI is InChI=1S/C8H13NO5/c1-3-7(9(11)12)14-6-5-8(10)13-4-2/h5-7H,3-4H2,1-2H3. The fourth-order valence-corrected chi connectivity index (χ4v) is 0.671. The number of nitro groups is 1. The van der Waals surface area contributed by atoms with E-state index in [1.54, 1.807) is 13.8 Å². The molecule has 1 unspecified atom stereocenters. The average molecular weight is 203 g/mol. The summed E-state index contributed by atoms with van der Waals surface area (Å²) in [7, 11) is 0. The molecule has 0 fully saturated rings. The summed E-state index contributed by atoms with van der Waals surface area (Å²) in [6, 6.07) is 0. The maximum Gasteiger partial charge on any atom is 0.352 e. The first kappa shape index (κ1) is 12.4. The molecule has 0 spiro atoms. The first-order valence-electron chi connectivity index (χ1n) is 4.24. The number of ether oxygens (including phenoxy) is 2. The molecule has 0 aromatic heterocycles. The SMILES string of the molecule is CCOC(=O)C=COC(CC)[N+](=O)[O-]. The second-order valence-corrected chi connectivity index (χ2v) is 2.34. The zero-order valence-corrected chi connectivity index (χ0v) is 8.13. The van der Waals surface area contributed by atoms with Crippen molar-refractivity contribution in [3.05, 3.63) is 22.5 Å². The van der Waals surface area contributed by atoms with Gasteiger partial charge in [-0.3, -0.25) is 10.1 Å². The molecular formula is C8H13NO5. The number of rotatable bonds is 6. The van der Waals surface area contributed by atoms with Crippen LogP contribution >= 0.6 is 0 Å². The zero-order valence-electron chi connectivity index (χ0n) is 8.13. The summed E-state index contributed by atoms with van der Waals surface area (Å²) >= 11 is 0. The number of carbonyl (C=O) groups is 1. The molecule has 0 aliphatic heterocycles. The van der Waals surface area contributed by atoms with Gasteiger partial charge in [-0.15, -0.1) is 0 Å². The third-order valence-corrected chi connectivity index (χ3v) is 1.31. The van der Waals surface area contributed by atoms with Crippen LogP contribution in [0.15, 0.2) is 12.3 Å². The van der Waals surface area contributed by atoms with E-state index < -0.39 is 17.1 Å². The second-order valence-electron chi connectivity index (χ2n) is 2.34. The van der Waals surface area contributed by atoms with Gasteiger partial charge in [-0.05, 0) is 6.92 Å². The van der Waals surface area contributed by atoms with Crippen LogP contribution in [-0.4, -0.2) is 23.7 Å². The van der Waals surface area contributed by atoms with Gasteiger partial charge in [0.2, 0.25) is 0 Å². The zero-order chi connectivity index (χ0) is 11.0. The summed E-state index contributed by atoms with van der Waals surface area (Å²) < 4.78 is 9.23. The van der Waals surface area contributed by atoms with E-state index >= 15 is 0 Å². The molecule has 14 heavy (non-hydrogen) atoms. The van der Waals surface area contributed by atoms with Crippen LogP contribution in [0.4, 0.5) is 0 Å². The van der Waals surface area contributed by atoms with Crippen molar-refractivity contribution < 1.29 is 19.2 Å². The molecular weight excluding hydrogens is 190 g/mol. The fourth-order valence-electron chi connectivity index (χ4n) is 0.671. The monoisotopic (exact) mass is 203 g/mol. The Labute approximate surface area is 81.6 Å². The summed E-state index contributed by atoms with van der Waals surface area (Å²) in [5.41, 5.74) is 0. The molecule has 0 N–H and O–H groups in total. The predicted octanol–water partition coefficient (Wildman–Crippen LogP) is 1.09. The highest BCUT2D eigenvalue weighted by molar-refractivity contribution is 5.81. The highest BCUT2D eigenvalue weighted by atomic mass is 16.7. The van der Waals surface area contributed by atoms with E-state index in [1.165, 1.54) is 0 Å². The number of carbonyl (C=O) groups excluding carboxylic acids is 1. The van der Waals surface area contributed by atoms with Crippen molar-refractivity contribution >= 4 is 5.97 Å². The smallest absolute Gasteiger partial charge is 0.352 e. The highest BCUT2D eigenvalue weighted by Gasteiger charge is 2.16. The normalized spacial score (nSPS) is 12.4. The topological polar surface area (TPSA) is 78.7 Å². The molecule has 0 rings (SSSR count). The van der Waals surface area contributed by atoms with Crippen molar-refractivity contribution in [2.45, 2.75) is 26.5 Å². The van der Waals surface area contributed by atoms with Crippen LogP contribution in [0.25, 0.3) is 0 Å². The molecule has 0 aliphatic carbocycles. The van der Waals surface area contributed by atoms with Gasteiger partial charge >= 0.3 is 12.2 Å². The predicted molar refractivity (Wildman–Crippen MR) is 47.9 cm³/mol. The third-order valence-electron chi connectivity index (χ3n) is 1.31. The van der Waals surface area contributed by atoms with Crippen molar-refractivity contribution in [3.63, 3.8) is 0 Å². The molecule has 6 nitrogen and oxygen atoms in total. The molecule has 80 valence electrons. The minimum absolute atomic E-state index is 0.236.